The Kier molecular flexibility index (Phi) is 3.14. The molecule has 1 amide bonds. The molecule has 0 aliphatic carbocycles. The number of hydrogen-bond acceptors (Lipinski definition) is 3. The number of carbonyl (C=O) groups is 1. The minimum absolute atomic E-state index is 0.0966. The number of amides is 1. The maximum Gasteiger partial charge on any atom is 0.272 e. The first kappa shape index (κ1) is 11.0. The molecule has 1 fully saturated rings. The molecule has 4 nitrogen and oxygen atoms in total. The average Bonchev–Trinajstić information content (AvgIpc) is 2.77. The lowest BCUT2D eigenvalue weighted by Crippen LogP contribution is -2.40. The molecule has 1 saturated heterocycles. The molecule has 0 saturated carbocycles. The van der Waals surface area contributed by atoms with Crippen LogP contribution < -0.4 is 5.73 Å². The highest BCUT2D eigenvalue weighted by Gasteiger charge is 2.28. The molecule has 2 heterocycles. The molecule has 1 aliphatic heterocycles. The summed E-state index contributed by atoms with van der Waals surface area (Å²) in [5.74, 6) is -0.596. The van der Waals surface area contributed by atoms with E-state index in [-0.39, 0.29) is 17.6 Å². The van der Waals surface area contributed by atoms with E-state index in [1.54, 1.807) is 4.90 Å². The first-order valence-electron chi connectivity index (χ1n) is 5.35. The van der Waals surface area contributed by atoms with Crippen LogP contribution in [0.2, 0.25) is 0 Å². The third kappa shape index (κ3) is 2.04. The smallest absolute Gasteiger partial charge is 0.272 e. The highest BCUT2D eigenvalue weighted by atomic mass is 19.1. The predicted molar refractivity (Wildman–Crippen MR) is 57.3 cm³/mol. The number of aromatic nitrogens is 1. The largest absolute Gasteiger partial charge is 0.333 e. The van der Waals surface area contributed by atoms with E-state index < -0.39 is 5.82 Å². The van der Waals surface area contributed by atoms with E-state index >= 15 is 0 Å². The summed E-state index contributed by atoms with van der Waals surface area (Å²) in [5.41, 5.74) is 5.87. The van der Waals surface area contributed by atoms with E-state index in [9.17, 15) is 9.18 Å². The van der Waals surface area contributed by atoms with Crippen LogP contribution in [0.15, 0.2) is 18.3 Å². The lowest BCUT2D eigenvalue weighted by Gasteiger charge is -2.22. The van der Waals surface area contributed by atoms with Gasteiger partial charge in [-0.25, -0.2) is 9.37 Å². The van der Waals surface area contributed by atoms with Crippen LogP contribution in [0.4, 0.5) is 4.39 Å². The van der Waals surface area contributed by atoms with Crippen molar-refractivity contribution in [3.8, 4) is 0 Å². The van der Waals surface area contributed by atoms with Gasteiger partial charge in [-0.1, -0.05) is 0 Å². The number of pyridine rings is 1. The van der Waals surface area contributed by atoms with Gasteiger partial charge in [-0.05, 0) is 25.0 Å². The number of nitrogens with zero attached hydrogens (tertiary/aromatic N) is 2. The van der Waals surface area contributed by atoms with Crippen LogP contribution in [0.25, 0.3) is 0 Å². The van der Waals surface area contributed by atoms with Gasteiger partial charge in [0.05, 0.1) is 6.20 Å². The van der Waals surface area contributed by atoms with Crippen molar-refractivity contribution in [1.82, 2.24) is 9.88 Å². The van der Waals surface area contributed by atoms with Gasteiger partial charge in [-0.15, -0.1) is 0 Å². The van der Waals surface area contributed by atoms with Crippen molar-refractivity contribution >= 4 is 5.91 Å². The fraction of sp³-hybridized carbons (Fsp3) is 0.455. The van der Waals surface area contributed by atoms with E-state index in [0.717, 1.165) is 19.0 Å². The summed E-state index contributed by atoms with van der Waals surface area (Å²) >= 11 is 0. The number of rotatable bonds is 2. The van der Waals surface area contributed by atoms with Crippen molar-refractivity contribution in [2.45, 2.75) is 18.9 Å². The molecule has 1 aliphatic rings. The second-order valence-electron chi connectivity index (χ2n) is 3.89. The Hall–Kier alpha value is -1.49. The van der Waals surface area contributed by atoms with Crippen molar-refractivity contribution in [2.75, 3.05) is 13.1 Å². The van der Waals surface area contributed by atoms with Gasteiger partial charge >= 0.3 is 0 Å². The molecule has 1 aromatic rings. The molecule has 86 valence electrons. The van der Waals surface area contributed by atoms with Crippen molar-refractivity contribution < 1.29 is 9.18 Å². The van der Waals surface area contributed by atoms with Gasteiger partial charge in [-0.3, -0.25) is 4.79 Å². The Labute approximate surface area is 93.3 Å². The molecule has 1 unspecified atom stereocenters. The summed E-state index contributed by atoms with van der Waals surface area (Å²) in [6, 6.07) is 2.75. The van der Waals surface area contributed by atoms with E-state index in [0.29, 0.717) is 13.1 Å². The third-order valence-electron chi connectivity index (χ3n) is 2.86. The SMILES string of the molecule is NCC1CCCN1C(=O)c1ccc(F)cn1. The summed E-state index contributed by atoms with van der Waals surface area (Å²) in [6.07, 6.45) is 2.96. The van der Waals surface area contributed by atoms with Gasteiger partial charge in [0.15, 0.2) is 0 Å². The molecule has 0 aromatic carbocycles. The first-order chi connectivity index (χ1) is 7.72. The van der Waals surface area contributed by atoms with E-state index in [1.807, 2.05) is 0 Å². The minimum atomic E-state index is -0.437. The molecule has 1 atom stereocenters. The minimum Gasteiger partial charge on any atom is -0.333 e. The van der Waals surface area contributed by atoms with Crippen molar-refractivity contribution in [3.05, 3.63) is 29.8 Å². The molecular formula is C11H14FN3O. The first-order valence-corrected chi connectivity index (χ1v) is 5.35. The van der Waals surface area contributed by atoms with E-state index in [2.05, 4.69) is 4.98 Å². The number of hydrogen-bond donors (Lipinski definition) is 1. The molecule has 0 bridgehead atoms. The Bertz CT molecular complexity index is 379. The lowest BCUT2D eigenvalue weighted by molar-refractivity contribution is 0.0735. The third-order valence-corrected chi connectivity index (χ3v) is 2.86. The van der Waals surface area contributed by atoms with Gasteiger partial charge in [0, 0.05) is 19.1 Å². The Morgan fingerprint density at radius 2 is 2.44 bits per heavy atom. The zero-order chi connectivity index (χ0) is 11.5. The Morgan fingerprint density at radius 1 is 1.62 bits per heavy atom. The van der Waals surface area contributed by atoms with E-state index in [4.69, 9.17) is 5.73 Å². The fourth-order valence-electron chi connectivity index (χ4n) is 2.00. The molecule has 16 heavy (non-hydrogen) atoms. The van der Waals surface area contributed by atoms with Crippen LogP contribution in [-0.2, 0) is 0 Å². The summed E-state index contributed by atoms with van der Waals surface area (Å²) in [5, 5.41) is 0. The van der Waals surface area contributed by atoms with Crippen LogP contribution in [0.5, 0.6) is 0 Å². The topological polar surface area (TPSA) is 59.2 Å². The molecule has 1 aromatic heterocycles. The molecule has 2 N–H and O–H groups in total. The van der Waals surface area contributed by atoms with Gasteiger partial charge in [0.2, 0.25) is 0 Å². The second-order valence-corrected chi connectivity index (χ2v) is 3.89. The van der Waals surface area contributed by atoms with Crippen LogP contribution in [0, 0.1) is 5.82 Å². The maximum absolute atomic E-state index is 12.7. The number of carbonyl (C=O) groups excluding carboxylic acids is 1. The van der Waals surface area contributed by atoms with Gasteiger partial charge < -0.3 is 10.6 Å². The lowest BCUT2D eigenvalue weighted by atomic mass is 10.2. The summed E-state index contributed by atoms with van der Waals surface area (Å²) in [4.78, 5) is 17.5. The number of likely N-dealkylation sites (tertiary alicyclic amines) is 1. The Balaban J connectivity index is 2.15. The zero-order valence-electron chi connectivity index (χ0n) is 8.90. The maximum atomic E-state index is 12.7. The van der Waals surface area contributed by atoms with Crippen LogP contribution in [-0.4, -0.2) is 34.9 Å². The van der Waals surface area contributed by atoms with Gasteiger partial charge in [0.1, 0.15) is 11.5 Å². The monoisotopic (exact) mass is 223 g/mol. The Morgan fingerprint density at radius 3 is 3.06 bits per heavy atom. The standard InChI is InChI=1S/C11H14FN3O/c12-8-3-4-10(14-7-8)11(16)15-5-1-2-9(15)6-13/h3-4,7,9H,1-2,5-6,13H2. The van der Waals surface area contributed by atoms with Crippen molar-refractivity contribution in [2.24, 2.45) is 5.73 Å². The summed E-state index contributed by atoms with van der Waals surface area (Å²) in [6.45, 7) is 1.17. The molecule has 5 heteroatoms. The van der Waals surface area contributed by atoms with Gasteiger partial charge in [-0.2, -0.15) is 0 Å². The molecule has 2 rings (SSSR count). The fourth-order valence-corrected chi connectivity index (χ4v) is 2.00. The number of halogens is 1. The quantitative estimate of drug-likeness (QED) is 0.806. The second kappa shape index (κ2) is 4.57. The van der Waals surface area contributed by atoms with Crippen molar-refractivity contribution in [1.29, 1.82) is 0 Å². The normalized spacial score (nSPS) is 20.1. The van der Waals surface area contributed by atoms with Gasteiger partial charge in [0.25, 0.3) is 5.91 Å². The number of nitrogens with two attached hydrogens (primary N) is 1. The summed E-state index contributed by atoms with van der Waals surface area (Å²) in [7, 11) is 0. The molecule has 0 radical (unpaired) electrons. The van der Waals surface area contributed by atoms with Crippen LogP contribution in [0.3, 0.4) is 0 Å². The zero-order valence-corrected chi connectivity index (χ0v) is 8.90. The van der Waals surface area contributed by atoms with Crippen LogP contribution in [0.1, 0.15) is 23.3 Å². The highest BCUT2D eigenvalue weighted by Crippen LogP contribution is 2.18. The summed E-state index contributed by atoms with van der Waals surface area (Å²) < 4.78 is 12.7. The van der Waals surface area contributed by atoms with Crippen LogP contribution >= 0.6 is 0 Å². The highest BCUT2D eigenvalue weighted by molar-refractivity contribution is 5.92. The van der Waals surface area contributed by atoms with Crippen molar-refractivity contribution in [3.63, 3.8) is 0 Å². The predicted octanol–water partition coefficient (Wildman–Crippen LogP) is 0.784. The van der Waals surface area contributed by atoms with E-state index in [1.165, 1.54) is 12.1 Å². The molecule has 0 spiro atoms. The molecular weight excluding hydrogens is 209 g/mol. The average molecular weight is 223 g/mol.